The van der Waals surface area contributed by atoms with Crippen molar-refractivity contribution in [2.45, 2.75) is 20.5 Å². The second-order valence-corrected chi connectivity index (χ2v) is 7.24. The lowest BCUT2D eigenvalue weighted by Gasteiger charge is -2.02. The second kappa shape index (κ2) is 19.5. The van der Waals surface area contributed by atoms with Gasteiger partial charge in [-0.15, -0.1) is 11.5 Å². The minimum absolute atomic E-state index is 0.000278. The molecule has 0 fully saturated rings. The summed E-state index contributed by atoms with van der Waals surface area (Å²) in [6.07, 6.45) is 6.40. The van der Waals surface area contributed by atoms with Gasteiger partial charge >= 0.3 is 11.9 Å². The summed E-state index contributed by atoms with van der Waals surface area (Å²) < 4.78 is 26.3. The number of phenols is 2. The third-order valence-electron chi connectivity index (χ3n) is 4.04. The zero-order valence-electron chi connectivity index (χ0n) is 22.9. The van der Waals surface area contributed by atoms with Crippen molar-refractivity contribution in [2.24, 2.45) is 5.11 Å². The van der Waals surface area contributed by atoms with Crippen LogP contribution in [0.5, 0.6) is 11.5 Å². The number of ether oxygens (including phenoxy) is 2. The van der Waals surface area contributed by atoms with Gasteiger partial charge in [-0.25, -0.2) is 14.3 Å². The number of terminal acetylenes is 1. The number of alkyl halides is 1. The Morgan fingerprint density at radius 2 is 1.68 bits per heavy atom. The second-order valence-electron chi connectivity index (χ2n) is 7.24. The highest BCUT2D eigenvalue weighted by Gasteiger charge is 2.09. The van der Waals surface area contributed by atoms with E-state index in [2.05, 4.69) is 44.2 Å². The molecule has 0 aliphatic heterocycles. The van der Waals surface area contributed by atoms with Gasteiger partial charge in [0.05, 0.1) is 20.4 Å². The summed E-state index contributed by atoms with van der Waals surface area (Å²) >= 11 is 0. The summed E-state index contributed by atoms with van der Waals surface area (Å²) in [6.45, 7) is 10.0. The van der Waals surface area contributed by atoms with Gasteiger partial charge in [0.25, 0.3) is 0 Å². The molecule has 0 spiro atoms. The summed E-state index contributed by atoms with van der Waals surface area (Å²) in [4.78, 5) is 24.2. The van der Waals surface area contributed by atoms with E-state index in [1.165, 1.54) is 16.8 Å². The topological polar surface area (TPSA) is 173 Å². The van der Waals surface area contributed by atoms with Crippen molar-refractivity contribution >= 4 is 17.6 Å². The van der Waals surface area contributed by atoms with Gasteiger partial charge in [-0.1, -0.05) is 53.7 Å². The molecule has 210 valence electrons. The lowest BCUT2D eigenvalue weighted by atomic mass is 10.3. The first kappa shape index (κ1) is 32.4. The Kier molecular flexibility index (Phi) is 15.8. The minimum atomic E-state index is -1.00. The number of rotatable bonds is 7. The van der Waals surface area contributed by atoms with Crippen LogP contribution in [-0.2, 0) is 25.7 Å². The molecule has 3 rings (SSSR count). The van der Waals surface area contributed by atoms with Crippen molar-refractivity contribution in [3.8, 4) is 29.5 Å². The largest absolute Gasteiger partial charge is 0.507 e. The Morgan fingerprint density at radius 1 is 1.12 bits per heavy atom. The summed E-state index contributed by atoms with van der Waals surface area (Å²) in [5.41, 5.74) is 9.93. The number of azide groups is 1. The van der Waals surface area contributed by atoms with E-state index >= 15 is 0 Å². The van der Waals surface area contributed by atoms with Crippen LogP contribution in [0.2, 0.25) is 0 Å². The molecule has 13 heteroatoms. The predicted octanol–water partition coefficient (Wildman–Crippen LogP) is 5.25. The molecule has 2 N–H and O–H groups in total. The first-order valence-electron chi connectivity index (χ1n) is 11.7. The van der Waals surface area contributed by atoms with Crippen LogP contribution in [0, 0.1) is 12.3 Å². The monoisotopic (exact) mass is 553 g/mol. The molecule has 1 aromatic heterocycles. The number of halogens is 1. The number of aromatic hydroxyl groups is 2. The van der Waals surface area contributed by atoms with Crippen LogP contribution >= 0.6 is 0 Å². The molecule has 0 aliphatic rings. The van der Waals surface area contributed by atoms with Gasteiger partial charge in [-0.3, -0.25) is 4.39 Å². The van der Waals surface area contributed by atoms with Gasteiger partial charge < -0.3 is 19.7 Å². The molecule has 0 aliphatic carbocycles. The predicted molar refractivity (Wildman–Crippen MR) is 146 cm³/mol. The molecule has 40 heavy (non-hydrogen) atoms. The molecule has 0 radical (unpaired) electrons. The van der Waals surface area contributed by atoms with Crippen LogP contribution < -0.4 is 0 Å². The summed E-state index contributed by atoms with van der Waals surface area (Å²) in [5.74, 6) is 1.35. The summed E-state index contributed by atoms with van der Waals surface area (Å²) in [5, 5.41) is 29.6. The van der Waals surface area contributed by atoms with E-state index in [0.29, 0.717) is 22.5 Å². The highest BCUT2D eigenvalue weighted by atomic mass is 19.1. The molecule has 0 amide bonds. The van der Waals surface area contributed by atoms with Gasteiger partial charge in [0.2, 0.25) is 0 Å². The summed E-state index contributed by atoms with van der Waals surface area (Å²) in [6, 6.07) is 13.1. The maximum atomic E-state index is 11.2. The van der Waals surface area contributed by atoms with E-state index in [1.54, 1.807) is 56.4 Å². The van der Waals surface area contributed by atoms with E-state index in [-0.39, 0.29) is 30.4 Å². The van der Waals surface area contributed by atoms with Crippen molar-refractivity contribution in [2.75, 3.05) is 13.8 Å². The zero-order valence-corrected chi connectivity index (χ0v) is 21.9. The van der Waals surface area contributed by atoms with Crippen molar-refractivity contribution in [1.82, 2.24) is 15.0 Å². The van der Waals surface area contributed by atoms with E-state index in [4.69, 9.17) is 23.2 Å². The van der Waals surface area contributed by atoms with Gasteiger partial charge in [0, 0.05) is 16.1 Å². The van der Waals surface area contributed by atoms with E-state index in [0.717, 1.165) is 0 Å². The van der Waals surface area contributed by atoms with Crippen LogP contribution in [0.25, 0.3) is 16.1 Å². The number of benzene rings is 2. The lowest BCUT2D eigenvalue weighted by Crippen LogP contribution is -2.04. The number of aromatic nitrogens is 3. The molecular formula is C27H29FN6O6. The van der Waals surface area contributed by atoms with Crippen LogP contribution in [0.4, 0.5) is 10.1 Å². The number of hydrogen-bond donors (Lipinski definition) is 2. The van der Waals surface area contributed by atoms with Crippen molar-refractivity contribution in [3.05, 3.63) is 95.2 Å². The molecule has 12 nitrogen and oxygen atoms in total. The minimum Gasteiger partial charge on any atom is -0.507 e. The van der Waals surface area contributed by atoms with Crippen LogP contribution in [0.3, 0.4) is 0 Å². The molecule has 0 unspecified atom stereocenters. The highest BCUT2D eigenvalue weighted by Crippen LogP contribution is 2.24. The first-order valence-corrected chi connectivity index (χ1v) is 11.0. The molecule has 1 heterocycles. The van der Waals surface area contributed by atoms with Crippen molar-refractivity contribution in [3.63, 3.8) is 0 Å². The van der Waals surface area contributed by atoms with Gasteiger partial charge in [0.15, 0.2) is 6.61 Å². The molecular weight excluding hydrogens is 523 g/mol. The van der Waals surface area contributed by atoms with E-state index in [9.17, 15) is 19.1 Å². The number of hydrogen-bond acceptors (Lipinski definition) is 9. The molecule has 0 saturated carbocycles. The number of carbonyl (C=O) groups is 2. The van der Waals surface area contributed by atoms with E-state index in [1.807, 2.05) is 0 Å². The average Bonchev–Trinajstić information content (AvgIpc) is 3.42. The standard InChI is InChI=1S/C13H13N3O3.C7H8O2.C6H5N3O.CH3F/c1-9(2)13(18)19-8-10-7-16(15-14-10)11-5-3-4-6-12(11)17;1-4-5-9-7(8)6(2)3;7-9-8-5-3-1-2-4-6(5)10;1-2/h3-7,17H,1,8H2,2H3;1H,2,5H2,3H3;1-4,10H;1H3/i;;;1D. The maximum Gasteiger partial charge on any atom is 0.334 e. The Bertz CT molecular complexity index is 1400. The van der Waals surface area contributed by atoms with Gasteiger partial charge in [0.1, 0.15) is 29.5 Å². The summed E-state index contributed by atoms with van der Waals surface area (Å²) in [7, 11) is -1.00. The number of carbonyl (C=O) groups excluding carboxylic acids is 2. The third-order valence-corrected chi connectivity index (χ3v) is 4.04. The number of phenolic OH excluding ortho intramolecular Hbond substituents is 2. The molecule has 2 aromatic carbocycles. The first-order chi connectivity index (χ1) is 19.5. The fourth-order valence-corrected chi connectivity index (χ4v) is 2.23. The van der Waals surface area contributed by atoms with Crippen LogP contribution in [0.15, 0.2) is 84.1 Å². The molecule has 0 saturated heterocycles. The Balaban J connectivity index is 0.000000614. The van der Waals surface area contributed by atoms with E-state index < -0.39 is 19.1 Å². The van der Waals surface area contributed by atoms with Crippen molar-refractivity contribution < 1.29 is 35.0 Å². The van der Waals surface area contributed by atoms with Crippen LogP contribution in [0.1, 0.15) is 20.9 Å². The smallest absolute Gasteiger partial charge is 0.334 e. The average molecular weight is 554 g/mol. The van der Waals surface area contributed by atoms with Crippen molar-refractivity contribution in [1.29, 1.82) is 0 Å². The highest BCUT2D eigenvalue weighted by molar-refractivity contribution is 5.87. The fourth-order valence-electron chi connectivity index (χ4n) is 2.23. The Hall–Kier alpha value is -5.60. The Labute approximate surface area is 232 Å². The number of para-hydroxylation sites is 3. The fraction of sp³-hybridized carbons (Fsp3) is 0.185. The van der Waals surface area contributed by atoms with Gasteiger partial charge in [-0.05, 0) is 43.6 Å². The molecule has 0 bridgehead atoms. The quantitative estimate of drug-likeness (QED) is 0.0996. The number of nitrogens with zero attached hydrogens (tertiary/aromatic N) is 6. The molecule has 0 atom stereocenters. The Morgan fingerprint density at radius 3 is 2.20 bits per heavy atom. The molecule has 3 aromatic rings. The lowest BCUT2D eigenvalue weighted by molar-refractivity contribution is -0.140. The van der Waals surface area contributed by atoms with Crippen LogP contribution in [-0.4, -0.2) is 50.9 Å². The SMILES string of the molecule is C#CCOC(=O)C(=C)C.C=C(C)C(=O)OCc1cn(-c2ccccc2O)nn1.[2H]CF.[N-]=[N+]=Nc1ccccc1O. The number of esters is 2. The maximum absolute atomic E-state index is 11.2. The third kappa shape index (κ3) is 13.1. The van der Waals surface area contributed by atoms with Gasteiger partial charge in [-0.2, -0.15) is 0 Å². The normalized spacial score (nSPS) is 9.10. The zero-order chi connectivity index (χ0) is 31.2.